The van der Waals surface area contributed by atoms with Gasteiger partial charge >= 0.3 is 6.18 Å². The molecule has 4 aliphatic carbocycles. The monoisotopic (exact) mass is 468 g/mol. The molecule has 33 heavy (non-hydrogen) atoms. The fourth-order valence-electron chi connectivity index (χ4n) is 9.29. The number of amides is 1. The van der Waals surface area contributed by atoms with Crippen molar-refractivity contribution in [2.24, 2.45) is 34.5 Å². The van der Waals surface area contributed by atoms with Crippen LogP contribution in [-0.2, 0) is 4.79 Å². The van der Waals surface area contributed by atoms with Crippen LogP contribution in [-0.4, -0.2) is 65.8 Å². The first-order chi connectivity index (χ1) is 15.4. The molecule has 1 N–H and O–H groups in total. The van der Waals surface area contributed by atoms with Crippen LogP contribution in [0.5, 0.6) is 0 Å². The number of carbonyl (C=O) groups excluding carboxylic acids is 1. The number of nitrogens with zero attached hydrogens (tertiary/aromatic N) is 2. The van der Waals surface area contributed by atoms with Crippen molar-refractivity contribution in [3.05, 3.63) is 11.6 Å². The highest BCUT2D eigenvalue weighted by Crippen LogP contribution is 2.68. The second-order valence-electron chi connectivity index (χ2n) is 12.2. The third kappa shape index (κ3) is 3.35. The Bertz CT molecular complexity index is 844. The van der Waals surface area contributed by atoms with Crippen molar-refractivity contribution >= 4 is 5.91 Å². The number of likely N-dealkylation sites (N-methyl/N-ethyl adjacent to an activating group) is 1. The lowest BCUT2D eigenvalue weighted by Gasteiger charge is -2.58. The maximum absolute atomic E-state index is 12.9. The van der Waals surface area contributed by atoms with Gasteiger partial charge in [-0.3, -0.25) is 4.79 Å². The molecule has 1 heterocycles. The molecule has 3 saturated carbocycles. The van der Waals surface area contributed by atoms with Crippen molar-refractivity contribution in [3.8, 4) is 0 Å². The number of fused-ring (bicyclic) bond motifs is 4. The smallest absolute Gasteiger partial charge is 0.376 e. The fourth-order valence-corrected chi connectivity index (χ4v) is 9.29. The van der Waals surface area contributed by atoms with Crippen LogP contribution in [0.4, 0.5) is 13.2 Å². The maximum atomic E-state index is 12.9. The van der Waals surface area contributed by atoms with Gasteiger partial charge in [-0.05, 0) is 99.8 Å². The summed E-state index contributed by atoms with van der Waals surface area (Å²) in [5, 5.41) is 9.46. The highest BCUT2D eigenvalue weighted by Gasteiger charge is 2.64. The molecule has 0 aromatic rings. The second-order valence-corrected chi connectivity index (χ2v) is 12.2. The van der Waals surface area contributed by atoms with E-state index in [1.54, 1.807) is 0 Å². The zero-order valence-corrected chi connectivity index (χ0v) is 20.4. The average Bonchev–Trinajstić information content (AvgIpc) is 3.24. The van der Waals surface area contributed by atoms with Gasteiger partial charge in [-0.15, -0.1) is 0 Å². The molecule has 5 rings (SSSR count). The number of rotatable bonds is 2. The van der Waals surface area contributed by atoms with Gasteiger partial charge < -0.3 is 14.9 Å². The van der Waals surface area contributed by atoms with E-state index in [2.05, 4.69) is 31.9 Å². The van der Waals surface area contributed by atoms with Crippen LogP contribution in [0, 0.1) is 34.5 Å². The summed E-state index contributed by atoms with van der Waals surface area (Å²) in [6.07, 6.45) is 3.09. The molecule has 186 valence electrons. The van der Waals surface area contributed by atoms with Crippen molar-refractivity contribution in [2.75, 3.05) is 20.6 Å². The summed E-state index contributed by atoms with van der Waals surface area (Å²) in [6, 6.07) is 0.396. The number of aliphatic hydroxyl groups excluding tert-OH is 1. The van der Waals surface area contributed by atoms with Gasteiger partial charge in [0.2, 0.25) is 6.10 Å². The normalized spacial score (nSPS) is 46.0. The molecule has 0 radical (unpaired) electrons. The molecular formula is C26H39F3N2O2. The van der Waals surface area contributed by atoms with Crippen LogP contribution < -0.4 is 0 Å². The first-order valence-corrected chi connectivity index (χ1v) is 12.8. The Labute approximate surface area is 195 Å². The highest BCUT2D eigenvalue weighted by atomic mass is 19.4. The summed E-state index contributed by atoms with van der Waals surface area (Å²) < 4.78 is 38.6. The molecule has 0 aromatic heterocycles. The zero-order valence-electron chi connectivity index (χ0n) is 20.4. The van der Waals surface area contributed by atoms with Gasteiger partial charge in [0.05, 0.1) is 0 Å². The summed E-state index contributed by atoms with van der Waals surface area (Å²) >= 11 is 0. The summed E-state index contributed by atoms with van der Waals surface area (Å²) in [7, 11) is 3.70. The maximum Gasteiger partial charge on any atom is 0.423 e. The van der Waals surface area contributed by atoms with Crippen molar-refractivity contribution in [1.29, 1.82) is 0 Å². The van der Waals surface area contributed by atoms with Gasteiger partial charge in [0.15, 0.2) is 0 Å². The van der Waals surface area contributed by atoms with Gasteiger partial charge in [-0.25, -0.2) is 0 Å². The number of allylic oxidation sites excluding steroid dienone is 1. The van der Waals surface area contributed by atoms with Crippen LogP contribution in [0.3, 0.4) is 0 Å². The summed E-state index contributed by atoms with van der Waals surface area (Å²) in [4.78, 5) is 16.0. The molecular weight excluding hydrogens is 429 g/mol. The summed E-state index contributed by atoms with van der Waals surface area (Å²) in [6.45, 7) is 6.02. The molecule has 5 aliphatic rings. The third-order valence-electron chi connectivity index (χ3n) is 11.1. The number of alkyl halides is 3. The Kier molecular flexibility index (Phi) is 5.53. The molecule has 4 nitrogen and oxygen atoms in total. The quantitative estimate of drug-likeness (QED) is 0.601. The van der Waals surface area contributed by atoms with Crippen LogP contribution in [0.1, 0.15) is 65.2 Å². The van der Waals surface area contributed by atoms with E-state index in [0.29, 0.717) is 36.1 Å². The molecule has 7 heteroatoms. The van der Waals surface area contributed by atoms with Crippen LogP contribution in [0.2, 0.25) is 0 Å². The van der Waals surface area contributed by atoms with Crippen LogP contribution in [0.25, 0.3) is 0 Å². The Balaban J connectivity index is 1.34. The Morgan fingerprint density at radius 1 is 1.18 bits per heavy atom. The number of hydrogen-bond donors (Lipinski definition) is 1. The molecule has 9 unspecified atom stereocenters. The van der Waals surface area contributed by atoms with E-state index in [-0.39, 0.29) is 11.5 Å². The predicted molar refractivity (Wildman–Crippen MR) is 120 cm³/mol. The first kappa shape index (κ1) is 23.7. The lowest BCUT2D eigenvalue weighted by molar-refractivity contribution is -0.211. The van der Waals surface area contributed by atoms with E-state index in [0.717, 1.165) is 29.6 Å². The summed E-state index contributed by atoms with van der Waals surface area (Å²) in [5.41, 5.74) is 1.90. The van der Waals surface area contributed by atoms with E-state index >= 15 is 0 Å². The fraction of sp³-hybridized carbons (Fsp3) is 0.885. The van der Waals surface area contributed by atoms with E-state index in [1.165, 1.54) is 44.8 Å². The molecule has 0 aromatic carbocycles. The van der Waals surface area contributed by atoms with E-state index in [9.17, 15) is 23.1 Å². The van der Waals surface area contributed by atoms with Crippen molar-refractivity contribution in [3.63, 3.8) is 0 Å². The second kappa shape index (κ2) is 7.71. The van der Waals surface area contributed by atoms with Crippen molar-refractivity contribution in [1.82, 2.24) is 9.80 Å². The molecule has 0 bridgehead atoms. The minimum absolute atomic E-state index is 0.0851. The minimum Gasteiger partial charge on any atom is -0.376 e. The molecule has 1 spiro atoms. The molecule has 4 fully saturated rings. The van der Waals surface area contributed by atoms with Gasteiger partial charge in [0.25, 0.3) is 5.91 Å². The highest BCUT2D eigenvalue weighted by molar-refractivity contribution is 5.81. The third-order valence-corrected chi connectivity index (χ3v) is 11.1. The van der Waals surface area contributed by atoms with Gasteiger partial charge in [-0.2, -0.15) is 13.2 Å². The Morgan fingerprint density at radius 3 is 2.58 bits per heavy atom. The van der Waals surface area contributed by atoms with E-state index in [4.69, 9.17) is 0 Å². The van der Waals surface area contributed by atoms with Crippen molar-refractivity contribution < 1.29 is 23.1 Å². The number of hydrogen-bond acceptors (Lipinski definition) is 3. The summed E-state index contributed by atoms with van der Waals surface area (Å²) in [5.74, 6) is 1.71. The number of carbonyl (C=O) groups is 1. The van der Waals surface area contributed by atoms with Crippen LogP contribution in [0.15, 0.2) is 11.6 Å². The Hall–Kier alpha value is -1.08. The minimum atomic E-state index is -4.92. The standard InChI is InChI=1S/C26H39F3N2O2/c1-15-19-7-8-21-18-6-5-16-13-17(31(4)23(33)22(32)26(27,28)29)9-11-24(16,2)20(18)10-12-25(19,21)14-30(15)3/h5,15,17-22,32H,6-14H2,1-4H3. The topological polar surface area (TPSA) is 43.8 Å². The average molecular weight is 469 g/mol. The largest absolute Gasteiger partial charge is 0.423 e. The molecule has 1 amide bonds. The lowest BCUT2D eigenvalue weighted by atomic mass is 9.47. The zero-order chi connectivity index (χ0) is 23.9. The van der Waals surface area contributed by atoms with Crippen LogP contribution >= 0.6 is 0 Å². The molecule has 1 aliphatic heterocycles. The van der Waals surface area contributed by atoms with E-state index in [1.807, 2.05) is 0 Å². The van der Waals surface area contributed by atoms with Gasteiger partial charge in [0, 0.05) is 25.7 Å². The molecule has 1 saturated heterocycles. The predicted octanol–water partition coefficient (Wildman–Crippen LogP) is 4.63. The Morgan fingerprint density at radius 2 is 1.88 bits per heavy atom. The number of likely N-dealkylation sites (tertiary alicyclic amines) is 1. The molecule has 9 atom stereocenters. The number of halogens is 3. The van der Waals surface area contributed by atoms with Gasteiger partial charge in [-0.1, -0.05) is 18.6 Å². The van der Waals surface area contributed by atoms with E-state index < -0.39 is 18.2 Å². The SMILES string of the molecule is CC1C2CCC3C4CC=C5CC(N(C)C(=O)C(O)C(F)(F)F)CCC5(C)C4CCC32CN1C. The number of aliphatic hydroxyl groups is 1. The first-order valence-electron chi connectivity index (χ1n) is 12.8. The van der Waals surface area contributed by atoms with Gasteiger partial charge in [0.1, 0.15) is 0 Å². The van der Waals surface area contributed by atoms with Crippen molar-refractivity contribution in [2.45, 2.75) is 89.6 Å². The lowest BCUT2D eigenvalue weighted by Crippen LogP contribution is -2.54.